The molecule has 0 radical (unpaired) electrons. The number of benzene rings is 1. The van der Waals surface area contributed by atoms with Crippen LogP contribution in [0.4, 0.5) is 28.8 Å². The van der Waals surface area contributed by atoms with Gasteiger partial charge in [0, 0.05) is 18.3 Å². The molecule has 0 saturated heterocycles. The second-order valence-corrected chi connectivity index (χ2v) is 6.82. The molecule has 3 aromatic rings. The van der Waals surface area contributed by atoms with Gasteiger partial charge in [0.15, 0.2) is 5.82 Å². The number of nitrogens with one attached hydrogen (secondary N) is 1. The first-order chi connectivity index (χ1) is 12.8. The number of hydrazine groups is 1. The second kappa shape index (κ2) is 7.22. The van der Waals surface area contributed by atoms with Crippen molar-refractivity contribution >= 4 is 28.8 Å². The van der Waals surface area contributed by atoms with E-state index in [0.29, 0.717) is 17.5 Å². The summed E-state index contributed by atoms with van der Waals surface area (Å²) in [6, 6.07) is 7.63. The van der Waals surface area contributed by atoms with Gasteiger partial charge < -0.3 is 16.8 Å². The molecule has 0 fully saturated rings. The van der Waals surface area contributed by atoms with Crippen molar-refractivity contribution < 1.29 is 0 Å². The van der Waals surface area contributed by atoms with E-state index in [0.717, 1.165) is 23.5 Å². The summed E-state index contributed by atoms with van der Waals surface area (Å²) < 4.78 is 1.80. The zero-order chi connectivity index (χ0) is 19.6. The number of anilines is 5. The average Bonchev–Trinajstić information content (AvgIpc) is 3.10. The van der Waals surface area contributed by atoms with Crippen LogP contribution in [0.5, 0.6) is 0 Å². The highest BCUT2D eigenvalue weighted by atomic mass is 15.4. The van der Waals surface area contributed by atoms with Gasteiger partial charge >= 0.3 is 0 Å². The standard InChI is InChI=1S/C18H25N9/c1-4-26-11-13(9-23-26)24-17-22-10-15(19)16(25-17)27(21)14-7-5-12(6-8-14)18(2,3)20/h5-11H,4,19-21H2,1-3H3,(H,22,24,25). The maximum absolute atomic E-state index is 6.25. The minimum atomic E-state index is -0.425. The molecule has 0 bridgehead atoms. The third-order valence-electron chi connectivity index (χ3n) is 4.13. The molecule has 9 nitrogen and oxygen atoms in total. The van der Waals surface area contributed by atoms with E-state index in [2.05, 4.69) is 20.4 Å². The van der Waals surface area contributed by atoms with Crippen molar-refractivity contribution in [2.75, 3.05) is 16.1 Å². The van der Waals surface area contributed by atoms with E-state index >= 15 is 0 Å². The summed E-state index contributed by atoms with van der Waals surface area (Å²) in [6.45, 7) is 6.69. The molecule has 0 amide bonds. The molecule has 1 aromatic carbocycles. The fourth-order valence-corrected chi connectivity index (χ4v) is 2.54. The molecule has 0 aliphatic carbocycles. The predicted molar refractivity (Wildman–Crippen MR) is 108 cm³/mol. The largest absolute Gasteiger partial charge is 0.394 e. The number of nitrogens with two attached hydrogens (primary N) is 3. The van der Waals surface area contributed by atoms with Crippen LogP contribution < -0.4 is 27.6 Å². The number of hydrogen-bond acceptors (Lipinski definition) is 8. The van der Waals surface area contributed by atoms with Crippen LogP contribution in [0, 0.1) is 0 Å². The van der Waals surface area contributed by atoms with E-state index in [9.17, 15) is 0 Å². The zero-order valence-corrected chi connectivity index (χ0v) is 15.7. The highest BCUT2D eigenvalue weighted by Crippen LogP contribution is 2.28. The molecular weight excluding hydrogens is 342 g/mol. The molecule has 0 atom stereocenters. The van der Waals surface area contributed by atoms with E-state index in [4.69, 9.17) is 17.3 Å². The summed E-state index contributed by atoms with van der Waals surface area (Å²) in [6.07, 6.45) is 5.09. The Morgan fingerprint density at radius 2 is 1.89 bits per heavy atom. The molecule has 0 saturated carbocycles. The van der Waals surface area contributed by atoms with Gasteiger partial charge in [-0.25, -0.2) is 10.8 Å². The van der Waals surface area contributed by atoms with Gasteiger partial charge in [-0.05, 0) is 38.5 Å². The molecule has 7 N–H and O–H groups in total. The smallest absolute Gasteiger partial charge is 0.229 e. The van der Waals surface area contributed by atoms with Gasteiger partial charge in [-0.3, -0.25) is 9.69 Å². The Kier molecular flexibility index (Phi) is 4.98. The van der Waals surface area contributed by atoms with Crippen LogP contribution in [0.15, 0.2) is 42.9 Å². The Bertz CT molecular complexity index is 909. The maximum Gasteiger partial charge on any atom is 0.229 e. The van der Waals surface area contributed by atoms with E-state index in [-0.39, 0.29) is 0 Å². The summed E-state index contributed by atoms with van der Waals surface area (Å²) in [7, 11) is 0. The number of nitrogen functional groups attached to an aromatic ring is 1. The van der Waals surface area contributed by atoms with Gasteiger partial charge in [0.1, 0.15) is 0 Å². The summed E-state index contributed by atoms with van der Waals surface area (Å²) in [5.41, 5.74) is 14.6. The number of hydrogen-bond donors (Lipinski definition) is 4. The molecule has 3 rings (SSSR count). The topological polar surface area (TPSA) is 137 Å². The van der Waals surface area contributed by atoms with E-state index in [1.54, 1.807) is 10.9 Å². The van der Waals surface area contributed by atoms with Crippen molar-refractivity contribution in [1.29, 1.82) is 0 Å². The first kappa shape index (κ1) is 18.6. The average molecular weight is 367 g/mol. The molecule has 2 heterocycles. The number of aryl methyl sites for hydroxylation is 1. The van der Waals surface area contributed by atoms with Crippen LogP contribution >= 0.6 is 0 Å². The van der Waals surface area contributed by atoms with E-state index < -0.39 is 5.54 Å². The van der Waals surface area contributed by atoms with Gasteiger partial charge in [-0.15, -0.1) is 0 Å². The van der Waals surface area contributed by atoms with Crippen molar-refractivity contribution in [1.82, 2.24) is 19.7 Å². The van der Waals surface area contributed by atoms with Crippen LogP contribution in [-0.4, -0.2) is 19.7 Å². The molecule has 0 aliphatic heterocycles. The lowest BCUT2D eigenvalue weighted by Crippen LogP contribution is -2.29. The molecule has 2 aromatic heterocycles. The van der Waals surface area contributed by atoms with Crippen LogP contribution in [0.1, 0.15) is 26.3 Å². The minimum absolute atomic E-state index is 0.371. The maximum atomic E-state index is 6.25. The Balaban J connectivity index is 1.84. The monoisotopic (exact) mass is 367 g/mol. The number of rotatable bonds is 6. The Labute approximate surface area is 158 Å². The summed E-state index contributed by atoms with van der Waals surface area (Å²) >= 11 is 0. The zero-order valence-electron chi connectivity index (χ0n) is 15.7. The van der Waals surface area contributed by atoms with Gasteiger partial charge in [0.2, 0.25) is 5.95 Å². The summed E-state index contributed by atoms with van der Waals surface area (Å²) in [5.74, 6) is 7.03. The van der Waals surface area contributed by atoms with E-state index in [1.807, 2.05) is 51.2 Å². The lowest BCUT2D eigenvalue weighted by Gasteiger charge is -2.22. The number of nitrogens with zero attached hydrogens (tertiary/aromatic N) is 5. The summed E-state index contributed by atoms with van der Waals surface area (Å²) in [4.78, 5) is 8.65. The highest BCUT2D eigenvalue weighted by Gasteiger charge is 2.16. The Morgan fingerprint density at radius 3 is 2.48 bits per heavy atom. The number of aromatic nitrogens is 4. The molecule has 27 heavy (non-hydrogen) atoms. The fourth-order valence-electron chi connectivity index (χ4n) is 2.54. The van der Waals surface area contributed by atoms with Crippen LogP contribution in [-0.2, 0) is 12.1 Å². The molecule has 142 valence electrons. The van der Waals surface area contributed by atoms with Gasteiger partial charge in [0.05, 0.1) is 29.5 Å². The Hall–Kier alpha value is -3.17. The van der Waals surface area contributed by atoms with Crippen LogP contribution in [0.2, 0.25) is 0 Å². The van der Waals surface area contributed by atoms with Crippen molar-refractivity contribution in [3.63, 3.8) is 0 Å². The molecule has 0 unspecified atom stereocenters. The van der Waals surface area contributed by atoms with E-state index in [1.165, 1.54) is 11.2 Å². The first-order valence-corrected chi connectivity index (χ1v) is 8.64. The van der Waals surface area contributed by atoms with Crippen LogP contribution in [0.25, 0.3) is 0 Å². The van der Waals surface area contributed by atoms with Gasteiger partial charge in [-0.2, -0.15) is 10.1 Å². The summed E-state index contributed by atoms with van der Waals surface area (Å²) in [5, 5.41) is 8.73. The van der Waals surface area contributed by atoms with Gasteiger partial charge in [-0.1, -0.05) is 12.1 Å². The predicted octanol–water partition coefficient (Wildman–Crippen LogP) is 2.22. The van der Waals surface area contributed by atoms with Crippen molar-refractivity contribution in [2.45, 2.75) is 32.9 Å². The van der Waals surface area contributed by atoms with Crippen molar-refractivity contribution in [2.24, 2.45) is 11.6 Å². The second-order valence-electron chi connectivity index (χ2n) is 6.82. The third-order valence-corrected chi connectivity index (χ3v) is 4.13. The van der Waals surface area contributed by atoms with Crippen LogP contribution in [0.3, 0.4) is 0 Å². The molecular formula is C18H25N9. The quantitative estimate of drug-likeness (QED) is 0.384. The minimum Gasteiger partial charge on any atom is -0.394 e. The molecule has 9 heteroatoms. The molecule has 0 spiro atoms. The lowest BCUT2D eigenvalue weighted by atomic mass is 9.95. The first-order valence-electron chi connectivity index (χ1n) is 8.64. The van der Waals surface area contributed by atoms with Gasteiger partial charge in [0.25, 0.3) is 0 Å². The highest BCUT2D eigenvalue weighted by molar-refractivity contribution is 5.71. The Morgan fingerprint density at radius 1 is 1.19 bits per heavy atom. The third kappa shape index (κ3) is 4.15. The fraction of sp³-hybridized carbons (Fsp3) is 0.278. The molecule has 0 aliphatic rings. The SMILES string of the molecule is CCn1cc(Nc2ncc(N)c(N(N)c3ccc(C(C)(C)N)cc3)n2)cn1. The van der Waals surface area contributed by atoms with Crippen molar-refractivity contribution in [3.8, 4) is 0 Å². The van der Waals surface area contributed by atoms with Crippen molar-refractivity contribution in [3.05, 3.63) is 48.4 Å². The lowest BCUT2D eigenvalue weighted by molar-refractivity contribution is 0.554. The normalized spacial score (nSPS) is 11.4.